The minimum Gasteiger partial charge on any atom is -0.477 e. The Balaban J connectivity index is 4.06. The molecule has 0 aliphatic heterocycles. The number of quaternary nitrogens is 1. The Morgan fingerprint density at radius 3 is 1.11 bits per heavy atom. The van der Waals surface area contributed by atoms with Crippen molar-refractivity contribution in [1.29, 1.82) is 0 Å². The van der Waals surface area contributed by atoms with Crippen LogP contribution in [-0.2, 0) is 28.6 Å². The van der Waals surface area contributed by atoms with Gasteiger partial charge < -0.3 is 23.8 Å². The molecule has 0 bridgehead atoms. The second-order valence-corrected chi connectivity index (χ2v) is 17.7. The molecule has 0 spiro atoms. The van der Waals surface area contributed by atoms with Crippen LogP contribution in [0.25, 0.3) is 0 Å². The van der Waals surface area contributed by atoms with Gasteiger partial charge in [0.2, 0.25) is 0 Å². The van der Waals surface area contributed by atoms with Crippen LogP contribution in [0.1, 0.15) is 239 Å². The van der Waals surface area contributed by atoms with Gasteiger partial charge in [0.15, 0.2) is 12.1 Å². The van der Waals surface area contributed by atoms with Crippen LogP contribution in [0.4, 0.5) is 0 Å². The van der Waals surface area contributed by atoms with E-state index in [0.29, 0.717) is 19.3 Å². The van der Waals surface area contributed by atoms with Crippen molar-refractivity contribution < 1.29 is 38.2 Å². The van der Waals surface area contributed by atoms with E-state index in [-0.39, 0.29) is 36.2 Å². The molecular formula is C48H94NO7+. The van der Waals surface area contributed by atoms with E-state index < -0.39 is 18.1 Å². The highest BCUT2D eigenvalue weighted by molar-refractivity contribution is 5.72. The molecule has 2 unspecified atom stereocenters. The fraction of sp³-hybridized carbons (Fsp3) is 0.938. The van der Waals surface area contributed by atoms with Crippen molar-refractivity contribution >= 4 is 17.9 Å². The summed E-state index contributed by atoms with van der Waals surface area (Å²) in [5, 5.41) is 9.61. The number of carbonyl (C=O) groups excluding carboxylic acids is 2. The molecule has 8 heteroatoms. The molecule has 1 N–H and O–H groups in total. The fourth-order valence-electron chi connectivity index (χ4n) is 7.51. The van der Waals surface area contributed by atoms with E-state index in [1.165, 1.54) is 167 Å². The molecule has 332 valence electrons. The van der Waals surface area contributed by atoms with E-state index in [0.717, 1.165) is 38.5 Å². The molecule has 2 atom stereocenters. The summed E-state index contributed by atoms with van der Waals surface area (Å²) in [5.41, 5.74) is 0. The van der Waals surface area contributed by atoms with Crippen molar-refractivity contribution in [2.75, 3.05) is 41.0 Å². The van der Waals surface area contributed by atoms with Crippen LogP contribution in [0.15, 0.2) is 0 Å². The number of unbranched alkanes of at least 4 members (excludes halogenated alkanes) is 30. The average Bonchev–Trinajstić information content (AvgIpc) is 3.15. The van der Waals surface area contributed by atoms with Crippen LogP contribution in [-0.4, -0.2) is 80.6 Å². The Labute approximate surface area is 346 Å². The number of rotatable bonds is 44. The zero-order valence-electron chi connectivity index (χ0n) is 37.9. The SMILES string of the molecule is CCCCCCCCCCCCCCCCCCCCCCCCCC(=O)OCC(COCCC(C(=O)O)[N+](C)(C)C)OC(=O)CCCCCCCCCCC. The molecule has 0 aromatic heterocycles. The summed E-state index contributed by atoms with van der Waals surface area (Å²) in [5.74, 6) is -1.45. The van der Waals surface area contributed by atoms with Crippen LogP contribution < -0.4 is 0 Å². The van der Waals surface area contributed by atoms with Gasteiger partial charge in [-0.1, -0.05) is 206 Å². The topological polar surface area (TPSA) is 99.1 Å². The average molecular weight is 797 g/mol. The summed E-state index contributed by atoms with van der Waals surface area (Å²) in [6.45, 7) is 4.76. The number of aliphatic carboxylic acids is 1. The third-order valence-electron chi connectivity index (χ3n) is 11.3. The minimum atomic E-state index is -0.871. The summed E-state index contributed by atoms with van der Waals surface area (Å²) in [4.78, 5) is 36.9. The predicted octanol–water partition coefficient (Wildman–Crippen LogP) is 13.3. The summed E-state index contributed by atoms with van der Waals surface area (Å²) < 4.78 is 17.3. The van der Waals surface area contributed by atoms with Gasteiger partial charge >= 0.3 is 17.9 Å². The zero-order valence-corrected chi connectivity index (χ0v) is 37.9. The van der Waals surface area contributed by atoms with Crippen LogP contribution in [0.3, 0.4) is 0 Å². The van der Waals surface area contributed by atoms with Gasteiger partial charge in [-0.15, -0.1) is 0 Å². The molecular weight excluding hydrogens is 703 g/mol. The monoisotopic (exact) mass is 797 g/mol. The first-order chi connectivity index (χ1) is 27.1. The van der Waals surface area contributed by atoms with Crippen molar-refractivity contribution in [3.63, 3.8) is 0 Å². The number of nitrogens with zero attached hydrogens (tertiary/aromatic N) is 1. The highest BCUT2D eigenvalue weighted by Crippen LogP contribution is 2.17. The van der Waals surface area contributed by atoms with Gasteiger partial charge in [0, 0.05) is 19.3 Å². The molecule has 8 nitrogen and oxygen atoms in total. The van der Waals surface area contributed by atoms with Gasteiger partial charge in [0.1, 0.15) is 6.61 Å². The van der Waals surface area contributed by atoms with Crippen molar-refractivity contribution in [2.24, 2.45) is 0 Å². The molecule has 0 saturated carbocycles. The summed E-state index contributed by atoms with van der Waals surface area (Å²) in [7, 11) is 5.54. The number of esters is 2. The quantitative estimate of drug-likeness (QED) is 0.0372. The van der Waals surface area contributed by atoms with Crippen LogP contribution >= 0.6 is 0 Å². The Hall–Kier alpha value is -1.67. The largest absolute Gasteiger partial charge is 0.477 e. The minimum absolute atomic E-state index is 0.0423. The van der Waals surface area contributed by atoms with Crippen LogP contribution in [0.2, 0.25) is 0 Å². The number of ether oxygens (including phenoxy) is 3. The third-order valence-corrected chi connectivity index (χ3v) is 11.3. The normalized spacial score (nSPS) is 12.8. The van der Waals surface area contributed by atoms with E-state index in [9.17, 15) is 19.5 Å². The Morgan fingerprint density at radius 1 is 0.464 bits per heavy atom. The number of likely N-dealkylation sites (N-methyl/N-ethyl adjacent to an activating group) is 1. The first-order valence-electron chi connectivity index (χ1n) is 24.1. The van der Waals surface area contributed by atoms with E-state index in [4.69, 9.17) is 14.2 Å². The van der Waals surface area contributed by atoms with Gasteiger partial charge in [0.25, 0.3) is 0 Å². The lowest BCUT2D eigenvalue weighted by Crippen LogP contribution is -2.50. The maximum atomic E-state index is 12.7. The van der Waals surface area contributed by atoms with Crippen LogP contribution in [0, 0.1) is 0 Å². The van der Waals surface area contributed by atoms with Gasteiger partial charge in [0.05, 0.1) is 34.4 Å². The summed E-state index contributed by atoms with van der Waals surface area (Å²) >= 11 is 0. The highest BCUT2D eigenvalue weighted by atomic mass is 16.6. The predicted molar refractivity (Wildman–Crippen MR) is 234 cm³/mol. The molecule has 0 aliphatic carbocycles. The molecule has 0 aromatic rings. The number of hydrogen-bond acceptors (Lipinski definition) is 6. The zero-order chi connectivity index (χ0) is 41.4. The lowest BCUT2D eigenvalue weighted by atomic mass is 10.0. The lowest BCUT2D eigenvalue weighted by molar-refractivity contribution is -0.887. The first-order valence-corrected chi connectivity index (χ1v) is 24.1. The first kappa shape index (κ1) is 54.3. The van der Waals surface area contributed by atoms with E-state index in [1.807, 2.05) is 21.1 Å². The number of carboxylic acids is 1. The Bertz CT molecular complexity index is 889. The van der Waals surface area contributed by atoms with Gasteiger partial charge in [-0.05, 0) is 12.8 Å². The number of carboxylic acid groups (broad SMARTS) is 1. The lowest BCUT2D eigenvalue weighted by Gasteiger charge is -2.31. The van der Waals surface area contributed by atoms with E-state index in [2.05, 4.69) is 13.8 Å². The summed E-state index contributed by atoms with van der Waals surface area (Å²) in [6, 6.07) is -0.607. The van der Waals surface area contributed by atoms with Crippen molar-refractivity contribution in [3.8, 4) is 0 Å². The molecule has 0 saturated heterocycles. The molecule has 0 heterocycles. The second-order valence-electron chi connectivity index (χ2n) is 17.7. The van der Waals surface area contributed by atoms with Crippen molar-refractivity contribution in [1.82, 2.24) is 0 Å². The fourth-order valence-corrected chi connectivity index (χ4v) is 7.51. The molecule has 0 fully saturated rings. The Morgan fingerprint density at radius 2 is 0.786 bits per heavy atom. The van der Waals surface area contributed by atoms with Gasteiger partial charge in [-0.3, -0.25) is 9.59 Å². The van der Waals surface area contributed by atoms with E-state index in [1.54, 1.807) is 0 Å². The van der Waals surface area contributed by atoms with Crippen molar-refractivity contribution in [3.05, 3.63) is 0 Å². The maximum Gasteiger partial charge on any atom is 0.362 e. The smallest absolute Gasteiger partial charge is 0.362 e. The molecule has 0 aromatic carbocycles. The third kappa shape index (κ3) is 37.9. The van der Waals surface area contributed by atoms with Crippen LogP contribution in [0.5, 0.6) is 0 Å². The van der Waals surface area contributed by atoms with Gasteiger partial charge in [-0.25, -0.2) is 4.79 Å². The highest BCUT2D eigenvalue weighted by Gasteiger charge is 2.31. The standard InChI is InChI=1S/C48H93NO7/c1-6-8-10-12-14-16-17-18-19-20-21-22-23-24-25-26-27-28-29-31-32-34-36-38-46(50)55-43-44(42-54-41-40-45(48(52)53)49(3,4)5)56-47(51)39-37-35-33-30-15-13-11-9-7-2/h44-45H,6-43H2,1-5H3/p+1. The summed E-state index contributed by atoms with van der Waals surface area (Å²) in [6.07, 6.45) is 41.6. The number of hydrogen-bond donors (Lipinski definition) is 1. The molecule has 0 radical (unpaired) electrons. The second kappa shape index (κ2) is 40.1. The molecule has 56 heavy (non-hydrogen) atoms. The number of carbonyl (C=O) groups is 3. The Kier molecular flexibility index (Phi) is 38.9. The molecule has 0 aliphatic rings. The maximum absolute atomic E-state index is 12.7. The van der Waals surface area contributed by atoms with Crippen molar-refractivity contribution in [2.45, 2.75) is 251 Å². The molecule has 0 amide bonds. The van der Waals surface area contributed by atoms with E-state index >= 15 is 0 Å². The molecule has 0 rings (SSSR count). The van der Waals surface area contributed by atoms with Gasteiger partial charge in [-0.2, -0.15) is 0 Å².